The fourth-order valence-electron chi connectivity index (χ4n) is 3.14. The molecule has 4 aromatic rings. The molecule has 0 amide bonds. The summed E-state index contributed by atoms with van der Waals surface area (Å²) in [5.41, 5.74) is 2.56. The molecule has 5 heteroatoms. The zero-order chi connectivity index (χ0) is 19.7. The summed E-state index contributed by atoms with van der Waals surface area (Å²) in [6.45, 7) is 5.90. The minimum absolute atomic E-state index is 0.0390. The van der Waals surface area contributed by atoms with E-state index in [9.17, 15) is 0 Å². The summed E-state index contributed by atoms with van der Waals surface area (Å²) in [7, 11) is 1.63. The van der Waals surface area contributed by atoms with Crippen LogP contribution >= 0.6 is 0 Å². The predicted octanol–water partition coefficient (Wildman–Crippen LogP) is 5.68. The Morgan fingerprint density at radius 3 is 2.46 bits per heavy atom. The van der Waals surface area contributed by atoms with Gasteiger partial charge in [-0.25, -0.2) is 4.98 Å². The number of aryl methyl sites for hydroxylation is 1. The predicted molar refractivity (Wildman–Crippen MR) is 111 cm³/mol. The highest BCUT2D eigenvalue weighted by Crippen LogP contribution is 2.38. The number of ether oxygens (including phenoxy) is 3. The van der Waals surface area contributed by atoms with Crippen LogP contribution in [0.3, 0.4) is 0 Å². The number of methoxy groups -OCH3 is 1. The molecule has 0 bridgehead atoms. The Hall–Kier alpha value is -3.34. The quantitative estimate of drug-likeness (QED) is 0.450. The second kappa shape index (κ2) is 7.35. The third-order valence-corrected chi connectivity index (χ3v) is 4.44. The van der Waals surface area contributed by atoms with Crippen molar-refractivity contribution in [1.29, 1.82) is 0 Å². The van der Waals surface area contributed by atoms with Gasteiger partial charge in [-0.15, -0.1) is 0 Å². The minimum atomic E-state index is 0.0390. The highest BCUT2D eigenvalue weighted by molar-refractivity contribution is 5.88. The molecular weight excluding hydrogens is 352 g/mol. The standard InChI is InChI=1S/C23H22N2O3/c1-14(2)27-23-13-19-17(12-22(23)26-4)20(9-10-24-19)28-21-11-16-7-5-6-8-18(16)25-15(21)3/h5-14H,1-4H3. The molecule has 5 nitrogen and oxygen atoms in total. The highest BCUT2D eigenvalue weighted by atomic mass is 16.5. The summed E-state index contributed by atoms with van der Waals surface area (Å²) in [4.78, 5) is 9.12. The van der Waals surface area contributed by atoms with Crippen LogP contribution in [0.2, 0.25) is 0 Å². The van der Waals surface area contributed by atoms with Gasteiger partial charge in [-0.1, -0.05) is 18.2 Å². The normalized spacial score (nSPS) is 11.2. The maximum Gasteiger partial charge on any atom is 0.163 e. The van der Waals surface area contributed by atoms with E-state index in [0.29, 0.717) is 23.0 Å². The molecule has 0 spiro atoms. The number of pyridine rings is 2. The van der Waals surface area contributed by atoms with Crippen molar-refractivity contribution in [3.05, 3.63) is 60.4 Å². The van der Waals surface area contributed by atoms with Crippen molar-refractivity contribution in [1.82, 2.24) is 9.97 Å². The zero-order valence-electron chi connectivity index (χ0n) is 16.4. The third-order valence-electron chi connectivity index (χ3n) is 4.44. The smallest absolute Gasteiger partial charge is 0.163 e. The Morgan fingerprint density at radius 2 is 1.68 bits per heavy atom. The average molecular weight is 374 g/mol. The van der Waals surface area contributed by atoms with Crippen LogP contribution in [0.5, 0.6) is 23.0 Å². The minimum Gasteiger partial charge on any atom is -0.493 e. The number of benzene rings is 2. The van der Waals surface area contributed by atoms with E-state index in [1.165, 1.54) is 0 Å². The Kier molecular flexibility index (Phi) is 4.74. The number of nitrogens with zero attached hydrogens (tertiary/aromatic N) is 2. The molecule has 0 aliphatic rings. The maximum absolute atomic E-state index is 6.25. The monoisotopic (exact) mass is 374 g/mol. The number of hydrogen-bond acceptors (Lipinski definition) is 5. The van der Waals surface area contributed by atoms with Crippen LogP contribution in [-0.4, -0.2) is 23.2 Å². The van der Waals surface area contributed by atoms with Crippen LogP contribution in [0, 0.1) is 6.92 Å². The van der Waals surface area contributed by atoms with Gasteiger partial charge in [0.25, 0.3) is 0 Å². The van der Waals surface area contributed by atoms with Crippen molar-refractivity contribution in [3.8, 4) is 23.0 Å². The van der Waals surface area contributed by atoms with E-state index < -0.39 is 0 Å². The summed E-state index contributed by atoms with van der Waals surface area (Å²) in [6, 6.07) is 15.6. The van der Waals surface area contributed by atoms with E-state index >= 15 is 0 Å². The SMILES string of the molecule is COc1cc2c(Oc3cc4ccccc4nc3C)ccnc2cc1OC(C)C. The molecule has 0 N–H and O–H groups in total. The molecule has 0 saturated heterocycles. The van der Waals surface area contributed by atoms with Crippen molar-refractivity contribution in [2.75, 3.05) is 7.11 Å². The molecular formula is C23H22N2O3. The molecule has 142 valence electrons. The molecule has 2 aromatic carbocycles. The van der Waals surface area contributed by atoms with Gasteiger partial charge in [0.15, 0.2) is 11.5 Å². The van der Waals surface area contributed by atoms with Gasteiger partial charge in [-0.3, -0.25) is 4.98 Å². The average Bonchev–Trinajstić information content (AvgIpc) is 2.68. The Labute approximate surface area is 163 Å². The maximum atomic E-state index is 6.25. The highest BCUT2D eigenvalue weighted by Gasteiger charge is 2.14. The van der Waals surface area contributed by atoms with Crippen LogP contribution in [-0.2, 0) is 0 Å². The summed E-state index contributed by atoms with van der Waals surface area (Å²) >= 11 is 0. The number of fused-ring (bicyclic) bond motifs is 2. The van der Waals surface area contributed by atoms with Gasteiger partial charge >= 0.3 is 0 Å². The van der Waals surface area contributed by atoms with Crippen molar-refractivity contribution in [2.24, 2.45) is 0 Å². The molecule has 0 aliphatic heterocycles. The first-order valence-electron chi connectivity index (χ1n) is 9.23. The van der Waals surface area contributed by atoms with Crippen molar-refractivity contribution >= 4 is 21.8 Å². The van der Waals surface area contributed by atoms with Gasteiger partial charge < -0.3 is 14.2 Å². The van der Waals surface area contributed by atoms with E-state index in [1.54, 1.807) is 13.3 Å². The van der Waals surface area contributed by atoms with Gasteiger partial charge in [-0.05, 0) is 45.0 Å². The van der Waals surface area contributed by atoms with Crippen molar-refractivity contribution < 1.29 is 14.2 Å². The van der Waals surface area contributed by atoms with Crippen LogP contribution in [0.1, 0.15) is 19.5 Å². The van der Waals surface area contributed by atoms with Crippen molar-refractivity contribution in [3.63, 3.8) is 0 Å². The lowest BCUT2D eigenvalue weighted by Crippen LogP contribution is -2.06. The Balaban J connectivity index is 1.80. The first kappa shape index (κ1) is 18.0. The second-order valence-electron chi connectivity index (χ2n) is 6.86. The van der Waals surface area contributed by atoms with E-state index in [2.05, 4.69) is 9.97 Å². The Bertz CT molecular complexity index is 1160. The molecule has 2 heterocycles. The molecule has 0 radical (unpaired) electrons. The summed E-state index contributed by atoms with van der Waals surface area (Å²) in [5.74, 6) is 2.72. The van der Waals surface area contributed by atoms with Crippen LogP contribution in [0.15, 0.2) is 54.7 Å². The van der Waals surface area contributed by atoms with Crippen LogP contribution < -0.4 is 14.2 Å². The van der Waals surface area contributed by atoms with E-state index in [1.807, 2.05) is 69.3 Å². The molecule has 0 fully saturated rings. The molecule has 0 atom stereocenters. The fraction of sp³-hybridized carbons (Fsp3) is 0.217. The zero-order valence-corrected chi connectivity index (χ0v) is 16.4. The largest absolute Gasteiger partial charge is 0.493 e. The second-order valence-corrected chi connectivity index (χ2v) is 6.86. The topological polar surface area (TPSA) is 53.5 Å². The number of aromatic nitrogens is 2. The molecule has 0 saturated carbocycles. The Morgan fingerprint density at radius 1 is 0.857 bits per heavy atom. The number of para-hydroxylation sites is 1. The molecule has 4 rings (SSSR count). The van der Waals surface area contributed by atoms with E-state index in [0.717, 1.165) is 27.5 Å². The van der Waals surface area contributed by atoms with Gasteiger partial charge in [-0.2, -0.15) is 0 Å². The molecule has 28 heavy (non-hydrogen) atoms. The van der Waals surface area contributed by atoms with E-state index in [-0.39, 0.29) is 6.10 Å². The van der Waals surface area contributed by atoms with Gasteiger partial charge in [0.2, 0.25) is 0 Å². The molecule has 0 unspecified atom stereocenters. The lowest BCUT2D eigenvalue weighted by atomic mass is 10.1. The van der Waals surface area contributed by atoms with Gasteiger partial charge in [0, 0.05) is 23.0 Å². The third kappa shape index (κ3) is 3.43. The first-order chi connectivity index (χ1) is 13.5. The van der Waals surface area contributed by atoms with Gasteiger partial charge in [0.05, 0.1) is 29.9 Å². The summed E-state index contributed by atoms with van der Waals surface area (Å²) in [6.07, 6.45) is 1.77. The van der Waals surface area contributed by atoms with Gasteiger partial charge in [0.1, 0.15) is 11.5 Å². The first-order valence-corrected chi connectivity index (χ1v) is 9.23. The number of rotatable bonds is 5. The fourth-order valence-corrected chi connectivity index (χ4v) is 3.14. The lowest BCUT2D eigenvalue weighted by Gasteiger charge is -2.16. The van der Waals surface area contributed by atoms with Crippen LogP contribution in [0.4, 0.5) is 0 Å². The lowest BCUT2D eigenvalue weighted by molar-refractivity contribution is 0.230. The van der Waals surface area contributed by atoms with Crippen LogP contribution in [0.25, 0.3) is 21.8 Å². The number of hydrogen-bond donors (Lipinski definition) is 0. The van der Waals surface area contributed by atoms with Crippen molar-refractivity contribution in [2.45, 2.75) is 26.9 Å². The molecule has 2 aromatic heterocycles. The summed E-state index contributed by atoms with van der Waals surface area (Å²) < 4.78 is 17.6. The summed E-state index contributed by atoms with van der Waals surface area (Å²) in [5, 5.41) is 1.88. The van der Waals surface area contributed by atoms with E-state index in [4.69, 9.17) is 14.2 Å². The molecule has 0 aliphatic carbocycles.